The van der Waals surface area contributed by atoms with Crippen LogP contribution < -0.4 is 0 Å². The van der Waals surface area contributed by atoms with Crippen molar-refractivity contribution >= 4 is 0 Å². The van der Waals surface area contributed by atoms with Crippen molar-refractivity contribution in [3.8, 4) is 0 Å². The van der Waals surface area contributed by atoms with E-state index in [9.17, 15) is 0 Å². The number of nitrogens with zero attached hydrogens (tertiary/aromatic N) is 2. The first-order valence-electron chi connectivity index (χ1n) is 19.5. The van der Waals surface area contributed by atoms with E-state index in [1.807, 2.05) is 0 Å². The first kappa shape index (κ1) is 38.4. The first-order chi connectivity index (χ1) is 20.3. The van der Waals surface area contributed by atoms with Crippen molar-refractivity contribution in [1.29, 1.82) is 0 Å². The predicted octanol–water partition coefficient (Wildman–Crippen LogP) is 13.6. The van der Waals surface area contributed by atoms with Crippen molar-refractivity contribution < 1.29 is 0 Å². The van der Waals surface area contributed by atoms with Crippen LogP contribution in [0, 0.1) is 0 Å². The molecule has 0 amide bonds. The van der Waals surface area contributed by atoms with Gasteiger partial charge in [0.2, 0.25) is 0 Å². The van der Waals surface area contributed by atoms with Crippen LogP contribution in [-0.4, -0.2) is 29.1 Å². The van der Waals surface area contributed by atoms with Gasteiger partial charge in [-0.2, -0.15) is 0 Å². The highest BCUT2D eigenvalue weighted by atomic mass is 15.4. The topological polar surface area (TPSA) is 6.48 Å². The minimum atomic E-state index is 0.640. The van der Waals surface area contributed by atoms with Gasteiger partial charge >= 0.3 is 0 Å². The van der Waals surface area contributed by atoms with Crippen LogP contribution in [-0.2, 0) is 0 Å². The molecule has 0 spiro atoms. The molecule has 2 heteroatoms. The first-order valence-corrected chi connectivity index (χ1v) is 19.5. The molecule has 1 rings (SSSR count). The Bertz CT molecular complexity index is 530. The van der Waals surface area contributed by atoms with Gasteiger partial charge in [0.25, 0.3) is 0 Å². The third-order valence-corrected chi connectivity index (χ3v) is 9.57. The Labute approximate surface area is 260 Å². The van der Waals surface area contributed by atoms with Crippen molar-refractivity contribution in [1.82, 2.24) is 9.80 Å². The average Bonchev–Trinajstić information content (AvgIpc) is 3.37. The number of hydrogen-bond donors (Lipinski definition) is 0. The normalized spacial score (nSPS) is 15.0. The van der Waals surface area contributed by atoms with E-state index in [4.69, 9.17) is 0 Å². The largest absolute Gasteiger partial charge is 0.356 e. The lowest BCUT2D eigenvalue weighted by Gasteiger charge is -2.33. The van der Waals surface area contributed by atoms with Gasteiger partial charge in [-0.05, 0) is 25.7 Å². The summed E-state index contributed by atoms with van der Waals surface area (Å²) in [6, 6.07) is 0. The molecule has 1 unspecified atom stereocenters. The zero-order valence-corrected chi connectivity index (χ0v) is 29.0. The van der Waals surface area contributed by atoms with Gasteiger partial charge in [0.1, 0.15) is 6.17 Å². The summed E-state index contributed by atoms with van der Waals surface area (Å²) in [7, 11) is 0. The minimum absolute atomic E-state index is 0.640. The standard InChI is InChI=1S/C39H78N2/c1-4-7-10-13-15-17-19-20-21-23-25-27-30-33-36-41-38-37-40(39(41)34-31-28-12-9-6-3)35-32-29-26-24-22-18-16-14-11-8-5-2/h37-39H,4-36H2,1-3H3. The highest BCUT2D eigenvalue weighted by Gasteiger charge is 2.24. The molecule has 0 saturated heterocycles. The lowest BCUT2D eigenvalue weighted by atomic mass is 10.0. The number of unbranched alkanes of at least 4 members (excludes halogenated alkanes) is 27. The lowest BCUT2D eigenvalue weighted by molar-refractivity contribution is 0.135. The van der Waals surface area contributed by atoms with E-state index in [0.717, 1.165) is 0 Å². The van der Waals surface area contributed by atoms with Gasteiger partial charge in [-0.15, -0.1) is 0 Å². The third-order valence-electron chi connectivity index (χ3n) is 9.57. The summed E-state index contributed by atoms with van der Waals surface area (Å²) in [4.78, 5) is 5.41. The molecule has 0 saturated carbocycles. The van der Waals surface area contributed by atoms with Crippen LogP contribution in [0.25, 0.3) is 0 Å². The van der Waals surface area contributed by atoms with Crippen molar-refractivity contribution in [3.63, 3.8) is 0 Å². The van der Waals surface area contributed by atoms with E-state index in [0.29, 0.717) is 6.17 Å². The maximum atomic E-state index is 2.71. The second-order valence-corrected chi connectivity index (χ2v) is 13.6. The molecule has 2 nitrogen and oxygen atoms in total. The van der Waals surface area contributed by atoms with Crippen molar-refractivity contribution in [2.45, 2.75) is 226 Å². The molecule has 0 radical (unpaired) electrons. The molecule has 0 aromatic heterocycles. The minimum Gasteiger partial charge on any atom is -0.356 e. The van der Waals surface area contributed by atoms with Crippen molar-refractivity contribution in [2.24, 2.45) is 0 Å². The predicted molar refractivity (Wildman–Crippen MR) is 186 cm³/mol. The van der Waals surface area contributed by atoms with Crippen molar-refractivity contribution in [2.75, 3.05) is 13.1 Å². The summed E-state index contributed by atoms with van der Waals surface area (Å²) < 4.78 is 0. The van der Waals surface area contributed by atoms with Gasteiger partial charge in [0.15, 0.2) is 0 Å². The monoisotopic (exact) mass is 575 g/mol. The zero-order chi connectivity index (χ0) is 29.5. The quantitative estimate of drug-likeness (QED) is 0.0719. The Hall–Kier alpha value is -0.660. The SMILES string of the molecule is CCCCCCCCCCCCCCCCN1C=CN(CCCCCCCCCCCCC)C1CCCCCCC. The molecule has 0 N–H and O–H groups in total. The molecule has 0 bridgehead atoms. The lowest BCUT2D eigenvalue weighted by Crippen LogP contribution is -2.39. The van der Waals surface area contributed by atoms with Gasteiger partial charge < -0.3 is 9.80 Å². The van der Waals surface area contributed by atoms with Crippen LogP contribution in [0.5, 0.6) is 0 Å². The number of rotatable bonds is 33. The molecule has 244 valence electrons. The van der Waals surface area contributed by atoms with Gasteiger partial charge in [0, 0.05) is 25.5 Å². The van der Waals surface area contributed by atoms with Crippen LogP contribution in [0.1, 0.15) is 220 Å². The van der Waals surface area contributed by atoms with Crippen LogP contribution >= 0.6 is 0 Å². The summed E-state index contributed by atoms with van der Waals surface area (Å²) >= 11 is 0. The number of hydrogen-bond acceptors (Lipinski definition) is 2. The van der Waals surface area contributed by atoms with Gasteiger partial charge in [-0.1, -0.05) is 194 Å². The summed E-state index contributed by atoms with van der Waals surface area (Å²) in [5.74, 6) is 0. The van der Waals surface area contributed by atoms with Gasteiger partial charge in [-0.25, -0.2) is 0 Å². The summed E-state index contributed by atoms with van der Waals surface area (Å²) in [5, 5.41) is 0. The molecular weight excluding hydrogens is 496 g/mol. The fraction of sp³-hybridized carbons (Fsp3) is 0.949. The molecule has 0 aliphatic carbocycles. The fourth-order valence-corrected chi connectivity index (χ4v) is 6.72. The van der Waals surface area contributed by atoms with E-state index in [1.165, 1.54) is 212 Å². The van der Waals surface area contributed by atoms with Crippen LogP contribution in [0.3, 0.4) is 0 Å². The molecule has 0 aromatic rings. The molecular formula is C39H78N2. The Morgan fingerprint density at radius 2 is 0.561 bits per heavy atom. The smallest absolute Gasteiger partial charge is 0.101 e. The summed E-state index contributed by atoms with van der Waals surface area (Å²) in [6.07, 6.45) is 49.9. The van der Waals surface area contributed by atoms with Crippen LogP contribution in [0.2, 0.25) is 0 Å². The van der Waals surface area contributed by atoms with E-state index in [-0.39, 0.29) is 0 Å². The van der Waals surface area contributed by atoms with E-state index in [1.54, 1.807) is 0 Å². The molecule has 1 atom stereocenters. The summed E-state index contributed by atoms with van der Waals surface area (Å²) in [6.45, 7) is 9.48. The molecule has 1 heterocycles. The van der Waals surface area contributed by atoms with E-state index < -0.39 is 0 Å². The highest BCUT2D eigenvalue weighted by molar-refractivity contribution is 4.97. The molecule has 1 aliphatic rings. The third kappa shape index (κ3) is 23.5. The Morgan fingerprint density at radius 3 is 0.854 bits per heavy atom. The fourth-order valence-electron chi connectivity index (χ4n) is 6.72. The summed E-state index contributed by atoms with van der Waals surface area (Å²) in [5.41, 5.74) is 0. The molecule has 0 fully saturated rings. The Kier molecular flexibility index (Phi) is 28.8. The average molecular weight is 575 g/mol. The van der Waals surface area contributed by atoms with E-state index in [2.05, 4.69) is 43.0 Å². The van der Waals surface area contributed by atoms with E-state index >= 15 is 0 Å². The van der Waals surface area contributed by atoms with Crippen LogP contribution in [0.15, 0.2) is 12.4 Å². The molecule has 41 heavy (non-hydrogen) atoms. The van der Waals surface area contributed by atoms with Crippen LogP contribution in [0.4, 0.5) is 0 Å². The van der Waals surface area contributed by atoms with Gasteiger partial charge in [-0.3, -0.25) is 0 Å². The Morgan fingerprint density at radius 1 is 0.317 bits per heavy atom. The van der Waals surface area contributed by atoms with Crippen molar-refractivity contribution in [3.05, 3.63) is 12.4 Å². The second-order valence-electron chi connectivity index (χ2n) is 13.6. The molecule has 1 aliphatic heterocycles. The zero-order valence-electron chi connectivity index (χ0n) is 29.0. The maximum absolute atomic E-state index is 2.71. The highest BCUT2D eigenvalue weighted by Crippen LogP contribution is 2.24. The maximum Gasteiger partial charge on any atom is 0.101 e. The molecule has 0 aromatic carbocycles. The second kappa shape index (κ2) is 30.8. The van der Waals surface area contributed by atoms with Gasteiger partial charge in [0.05, 0.1) is 0 Å². The Balaban J connectivity index is 2.13.